The summed E-state index contributed by atoms with van der Waals surface area (Å²) in [5, 5.41) is 9.26. The van der Waals surface area contributed by atoms with E-state index in [1.807, 2.05) is 6.92 Å². The van der Waals surface area contributed by atoms with Crippen molar-refractivity contribution in [2.75, 3.05) is 11.4 Å². The van der Waals surface area contributed by atoms with Crippen molar-refractivity contribution in [2.45, 2.75) is 25.6 Å². The van der Waals surface area contributed by atoms with Gasteiger partial charge in [0.25, 0.3) is 0 Å². The van der Waals surface area contributed by atoms with Crippen molar-refractivity contribution < 1.29 is 23.1 Å². The Kier molecular flexibility index (Phi) is 3.90. The van der Waals surface area contributed by atoms with E-state index in [1.165, 1.54) is 18.2 Å². The van der Waals surface area contributed by atoms with E-state index < -0.39 is 17.8 Å². The SMILES string of the molecule is C[C@H]1CCN1c1nc(-c2ccccc2C(=O)O)cc(C(F)(F)F)n1. The predicted octanol–water partition coefficient (Wildman–Crippen LogP) is 3.46. The molecule has 1 aliphatic heterocycles. The predicted molar refractivity (Wildman–Crippen MR) is 80.9 cm³/mol. The minimum Gasteiger partial charge on any atom is -0.478 e. The zero-order chi connectivity index (χ0) is 17.5. The van der Waals surface area contributed by atoms with Gasteiger partial charge in [0.1, 0.15) is 0 Å². The smallest absolute Gasteiger partial charge is 0.433 e. The zero-order valence-electron chi connectivity index (χ0n) is 12.7. The summed E-state index contributed by atoms with van der Waals surface area (Å²) in [4.78, 5) is 20.8. The number of anilines is 1. The van der Waals surface area contributed by atoms with Gasteiger partial charge in [-0.15, -0.1) is 0 Å². The van der Waals surface area contributed by atoms with Gasteiger partial charge in [-0.2, -0.15) is 13.2 Å². The highest BCUT2D eigenvalue weighted by Crippen LogP contribution is 2.34. The molecular weight excluding hydrogens is 323 g/mol. The van der Waals surface area contributed by atoms with Gasteiger partial charge in [0.05, 0.1) is 11.3 Å². The lowest BCUT2D eigenvalue weighted by Crippen LogP contribution is -2.47. The highest BCUT2D eigenvalue weighted by molar-refractivity contribution is 5.95. The van der Waals surface area contributed by atoms with Gasteiger partial charge in [-0.25, -0.2) is 14.8 Å². The van der Waals surface area contributed by atoms with E-state index in [0.29, 0.717) is 6.54 Å². The Morgan fingerprint density at radius 1 is 1.29 bits per heavy atom. The highest BCUT2D eigenvalue weighted by Gasteiger charge is 2.36. The maximum Gasteiger partial charge on any atom is 0.433 e. The summed E-state index contributed by atoms with van der Waals surface area (Å²) in [7, 11) is 0. The third-order valence-corrected chi connectivity index (χ3v) is 4.01. The van der Waals surface area contributed by atoms with Crippen LogP contribution in [0.2, 0.25) is 0 Å². The summed E-state index contributed by atoms with van der Waals surface area (Å²) in [5.41, 5.74) is -1.11. The monoisotopic (exact) mass is 337 g/mol. The van der Waals surface area contributed by atoms with Crippen LogP contribution in [0, 0.1) is 0 Å². The Morgan fingerprint density at radius 3 is 2.54 bits per heavy atom. The van der Waals surface area contributed by atoms with Crippen LogP contribution in [0.1, 0.15) is 29.4 Å². The van der Waals surface area contributed by atoms with Crippen molar-refractivity contribution in [3.8, 4) is 11.3 Å². The third kappa shape index (κ3) is 2.91. The van der Waals surface area contributed by atoms with Crippen LogP contribution in [0.3, 0.4) is 0 Å². The van der Waals surface area contributed by atoms with E-state index in [4.69, 9.17) is 0 Å². The molecule has 1 aliphatic rings. The van der Waals surface area contributed by atoms with E-state index >= 15 is 0 Å². The van der Waals surface area contributed by atoms with Crippen LogP contribution < -0.4 is 4.90 Å². The largest absolute Gasteiger partial charge is 0.478 e. The number of carbonyl (C=O) groups is 1. The molecule has 1 aromatic heterocycles. The molecule has 126 valence electrons. The molecular formula is C16H14F3N3O2. The average Bonchev–Trinajstić information content (AvgIpc) is 2.52. The molecule has 0 spiro atoms. The van der Waals surface area contributed by atoms with Crippen molar-refractivity contribution in [3.63, 3.8) is 0 Å². The van der Waals surface area contributed by atoms with Gasteiger partial charge < -0.3 is 10.0 Å². The fraction of sp³-hybridized carbons (Fsp3) is 0.312. The Balaban J connectivity index is 2.17. The number of alkyl halides is 3. The fourth-order valence-electron chi connectivity index (χ4n) is 2.55. The molecule has 8 heteroatoms. The Morgan fingerprint density at radius 2 is 2.00 bits per heavy atom. The van der Waals surface area contributed by atoms with E-state index in [9.17, 15) is 23.1 Å². The summed E-state index contributed by atoms with van der Waals surface area (Å²) in [6, 6.07) is 6.68. The molecule has 1 atom stereocenters. The molecule has 0 radical (unpaired) electrons. The molecule has 5 nitrogen and oxygen atoms in total. The second kappa shape index (κ2) is 5.77. The van der Waals surface area contributed by atoms with Crippen LogP contribution in [0.5, 0.6) is 0 Å². The number of aromatic carboxylic acids is 1. The van der Waals surface area contributed by atoms with Crippen molar-refractivity contribution in [1.29, 1.82) is 0 Å². The standard InChI is InChI=1S/C16H14F3N3O2/c1-9-6-7-22(9)15-20-12(8-13(21-15)16(17,18)19)10-4-2-3-5-11(10)14(23)24/h2-5,8-9H,6-7H2,1H3,(H,23,24)/t9-/m0/s1. The number of rotatable bonds is 3. The molecule has 1 saturated heterocycles. The number of carboxylic acid groups (broad SMARTS) is 1. The van der Waals surface area contributed by atoms with Crippen LogP contribution >= 0.6 is 0 Å². The lowest BCUT2D eigenvalue weighted by molar-refractivity contribution is -0.141. The maximum atomic E-state index is 13.2. The molecule has 0 unspecified atom stereocenters. The summed E-state index contributed by atoms with van der Waals surface area (Å²) < 4.78 is 39.5. The molecule has 1 fully saturated rings. The summed E-state index contributed by atoms with van der Waals surface area (Å²) in [5.74, 6) is -1.25. The number of benzene rings is 1. The summed E-state index contributed by atoms with van der Waals surface area (Å²) in [6.45, 7) is 2.44. The summed E-state index contributed by atoms with van der Waals surface area (Å²) >= 11 is 0. The molecule has 1 N–H and O–H groups in total. The lowest BCUT2D eigenvalue weighted by atomic mass is 10.0. The Hall–Kier alpha value is -2.64. The number of nitrogens with zero attached hydrogens (tertiary/aromatic N) is 3. The summed E-state index contributed by atoms with van der Waals surface area (Å²) in [6.07, 6.45) is -3.79. The quantitative estimate of drug-likeness (QED) is 0.929. The molecule has 0 aliphatic carbocycles. The van der Waals surface area contributed by atoms with Gasteiger partial charge in [0.15, 0.2) is 5.69 Å². The molecule has 24 heavy (non-hydrogen) atoms. The topological polar surface area (TPSA) is 66.3 Å². The molecule has 1 aromatic carbocycles. The van der Waals surface area contributed by atoms with Gasteiger partial charge in [0, 0.05) is 18.2 Å². The molecule has 0 amide bonds. The maximum absolute atomic E-state index is 13.2. The molecule has 2 aromatic rings. The lowest BCUT2D eigenvalue weighted by Gasteiger charge is -2.39. The second-order valence-electron chi connectivity index (χ2n) is 5.62. The molecule has 0 bridgehead atoms. The minimum absolute atomic E-state index is 0.0289. The van der Waals surface area contributed by atoms with Crippen LogP contribution in [-0.2, 0) is 6.18 Å². The first-order chi connectivity index (χ1) is 11.3. The third-order valence-electron chi connectivity index (χ3n) is 4.01. The Bertz CT molecular complexity index is 792. The van der Waals surface area contributed by atoms with Crippen LogP contribution in [0.25, 0.3) is 11.3 Å². The first kappa shape index (κ1) is 16.2. The van der Waals surface area contributed by atoms with Gasteiger partial charge in [-0.3, -0.25) is 0 Å². The normalized spacial score (nSPS) is 17.5. The molecule has 3 rings (SSSR count). The van der Waals surface area contributed by atoms with Crippen molar-refractivity contribution >= 4 is 11.9 Å². The fourth-order valence-corrected chi connectivity index (χ4v) is 2.55. The van der Waals surface area contributed by atoms with Crippen LogP contribution in [0.4, 0.5) is 19.1 Å². The van der Waals surface area contributed by atoms with Crippen molar-refractivity contribution in [2.24, 2.45) is 0 Å². The van der Waals surface area contributed by atoms with Gasteiger partial charge in [0.2, 0.25) is 5.95 Å². The average molecular weight is 337 g/mol. The van der Waals surface area contributed by atoms with Gasteiger partial charge in [-0.1, -0.05) is 18.2 Å². The van der Waals surface area contributed by atoms with Gasteiger partial charge >= 0.3 is 12.1 Å². The van der Waals surface area contributed by atoms with Crippen LogP contribution in [0.15, 0.2) is 30.3 Å². The number of hydrogen-bond donors (Lipinski definition) is 1. The van der Waals surface area contributed by atoms with E-state index in [2.05, 4.69) is 9.97 Å². The van der Waals surface area contributed by atoms with Crippen molar-refractivity contribution in [1.82, 2.24) is 9.97 Å². The van der Waals surface area contributed by atoms with E-state index in [1.54, 1.807) is 11.0 Å². The first-order valence-electron chi connectivity index (χ1n) is 7.33. The number of aromatic nitrogens is 2. The Labute approximate surface area is 135 Å². The number of carboxylic acids is 1. The second-order valence-corrected chi connectivity index (χ2v) is 5.62. The highest BCUT2D eigenvalue weighted by atomic mass is 19.4. The van der Waals surface area contributed by atoms with Gasteiger partial charge in [-0.05, 0) is 25.5 Å². The molecule has 2 heterocycles. The molecule has 0 saturated carbocycles. The number of halogens is 3. The first-order valence-corrected chi connectivity index (χ1v) is 7.33. The zero-order valence-corrected chi connectivity index (χ0v) is 12.7. The van der Waals surface area contributed by atoms with E-state index in [-0.39, 0.29) is 28.8 Å². The van der Waals surface area contributed by atoms with Crippen LogP contribution in [-0.4, -0.2) is 33.6 Å². The van der Waals surface area contributed by atoms with E-state index in [0.717, 1.165) is 12.5 Å². The number of hydrogen-bond acceptors (Lipinski definition) is 4. The van der Waals surface area contributed by atoms with Crippen molar-refractivity contribution in [3.05, 3.63) is 41.6 Å². The minimum atomic E-state index is -4.64.